The van der Waals surface area contributed by atoms with Gasteiger partial charge in [0, 0.05) is 11.0 Å². The highest BCUT2D eigenvalue weighted by Crippen LogP contribution is 2.33. The van der Waals surface area contributed by atoms with Crippen LogP contribution in [0.4, 0.5) is 0 Å². The number of rotatable bonds is 6. The molecule has 0 aromatic heterocycles. The van der Waals surface area contributed by atoms with Gasteiger partial charge in [-0.15, -0.1) is 0 Å². The molecular weight excluding hydrogens is 452 g/mol. The van der Waals surface area contributed by atoms with E-state index in [9.17, 15) is 23.5 Å². The second kappa shape index (κ2) is 8.18. The van der Waals surface area contributed by atoms with Crippen molar-refractivity contribution >= 4 is 31.9 Å². The van der Waals surface area contributed by atoms with Gasteiger partial charge in [-0.2, -0.15) is 9.79 Å². The van der Waals surface area contributed by atoms with Crippen molar-refractivity contribution in [1.82, 2.24) is 9.79 Å². The van der Waals surface area contributed by atoms with Crippen molar-refractivity contribution in [3.05, 3.63) is 53.0 Å². The number of carboxylic acid groups (broad SMARTS) is 1. The quantitative estimate of drug-likeness (QED) is 0.555. The van der Waals surface area contributed by atoms with Gasteiger partial charge in [0.05, 0.1) is 4.90 Å². The molecule has 3 N–H and O–H groups in total. The van der Waals surface area contributed by atoms with Gasteiger partial charge in [0.25, 0.3) is 0 Å². The number of nitrogens with zero attached hydrogens (tertiary/aromatic N) is 1. The van der Waals surface area contributed by atoms with Crippen molar-refractivity contribution in [2.24, 2.45) is 0 Å². The Morgan fingerprint density at radius 1 is 1.07 bits per heavy atom. The molecule has 1 saturated heterocycles. The molecular formula is C18H19BrN2O6S. The third-order valence-electron chi connectivity index (χ3n) is 4.58. The minimum atomic E-state index is -4.15. The lowest BCUT2D eigenvalue weighted by Crippen LogP contribution is -2.66. The maximum Gasteiger partial charge on any atom is 0.342 e. The van der Waals surface area contributed by atoms with E-state index in [0.29, 0.717) is 24.3 Å². The van der Waals surface area contributed by atoms with Crippen LogP contribution in [-0.2, 0) is 14.8 Å². The second-order valence-electron chi connectivity index (χ2n) is 6.34. The number of halogens is 1. The summed E-state index contributed by atoms with van der Waals surface area (Å²) >= 11 is 3.33. The molecule has 0 aliphatic carbocycles. The average Bonchev–Trinajstić information content (AvgIpc) is 2.70. The van der Waals surface area contributed by atoms with Crippen LogP contribution < -0.4 is 10.2 Å². The van der Waals surface area contributed by atoms with Crippen LogP contribution in [0.3, 0.4) is 0 Å². The van der Waals surface area contributed by atoms with Crippen molar-refractivity contribution in [2.75, 3.05) is 6.54 Å². The first-order valence-corrected chi connectivity index (χ1v) is 10.7. The molecule has 0 unspecified atom stereocenters. The summed E-state index contributed by atoms with van der Waals surface area (Å²) in [7, 11) is -4.15. The number of piperidine rings is 1. The molecule has 1 aliphatic rings. The molecule has 28 heavy (non-hydrogen) atoms. The molecule has 8 nitrogen and oxygen atoms in total. The number of benzene rings is 2. The van der Waals surface area contributed by atoms with E-state index in [1.165, 1.54) is 24.3 Å². The molecule has 0 saturated carbocycles. The molecule has 0 bridgehead atoms. The zero-order valence-corrected chi connectivity index (χ0v) is 17.1. The van der Waals surface area contributed by atoms with Gasteiger partial charge in [-0.25, -0.2) is 13.2 Å². The highest BCUT2D eigenvalue weighted by atomic mass is 79.9. The molecule has 2 aromatic carbocycles. The van der Waals surface area contributed by atoms with Gasteiger partial charge in [0.2, 0.25) is 15.7 Å². The largest absolute Gasteiger partial charge is 0.479 e. The van der Waals surface area contributed by atoms with Crippen LogP contribution in [0.5, 0.6) is 11.5 Å². The predicted molar refractivity (Wildman–Crippen MR) is 104 cm³/mol. The fourth-order valence-electron chi connectivity index (χ4n) is 3.10. The first-order valence-electron chi connectivity index (χ1n) is 8.50. The van der Waals surface area contributed by atoms with E-state index in [1.807, 2.05) is 12.1 Å². The topological polar surface area (TPSA) is 116 Å². The van der Waals surface area contributed by atoms with Crippen LogP contribution in [0.15, 0.2) is 57.9 Å². The normalized spacial score (nSPS) is 20.6. The number of hydrogen-bond donors (Lipinski definition) is 3. The summed E-state index contributed by atoms with van der Waals surface area (Å²) in [6, 6.07) is 12.8. The highest BCUT2D eigenvalue weighted by Gasteiger charge is 2.51. The van der Waals surface area contributed by atoms with Crippen molar-refractivity contribution in [3.63, 3.8) is 0 Å². The first kappa shape index (κ1) is 20.7. The van der Waals surface area contributed by atoms with Gasteiger partial charge >= 0.3 is 5.97 Å². The Morgan fingerprint density at radius 3 is 2.18 bits per heavy atom. The molecule has 0 amide bonds. The van der Waals surface area contributed by atoms with E-state index in [4.69, 9.17) is 4.74 Å². The smallest absolute Gasteiger partial charge is 0.342 e. The molecule has 1 fully saturated rings. The Labute approximate surface area is 170 Å². The monoisotopic (exact) mass is 470 g/mol. The number of hydroxylamine groups is 1. The van der Waals surface area contributed by atoms with Crippen LogP contribution in [0.1, 0.15) is 19.3 Å². The maximum absolute atomic E-state index is 13.0. The molecule has 1 heterocycles. The summed E-state index contributed by atoms with van der Waals surface area (Å²) in [6.07, 6.45) is 0.940. The van der Waals surface area contributed by atoms with E-state index in [1.54, 1.807) is 17.6 Å². The molecule has 3 rings (SSSR count). The van der Waals surface area contributed by atoms with E-state index in [-0.39, 0.29) is 17.9 Å². The van der Waals surface area contributed by atoms with Crippen molar-refractivity contribution in [1.29, 1.82) is 0 Å². The summed E-state index contributed by atoms with van der Waals surface area (Å²) in [4.78, 5) is 11.6. The summed E-state index contributed by atoms with van der Waals surface area (Å²) in [5.41, 5.74) is -0.370. The predicted octanol–water partition coefficient (Wildman–Crippen LogP) is 3.18. The minimum absolute atomic E-state index is 0.0145. The van der Waals surface area contributed by atoms with Crippen LogP contribution in [-0.4, -0.2) is 41.2 Å². The number of ether oxygens (including phenoxy) is 1. The fourth-order valence-corrected chi connectivity index (χ4v) is 5.08. The minimum Gasteiger partial charge on any atom is -0.479 e. The Kier molecular flexibility index (Phi) is 6.06. The fraction of sp³-hybridized carbons (Fsp3) is 0.278. The number of hydrogen-bond acceptors (Lipinski definition) is 6. The number of carboxylic acids is 1. The van der Waals surface area contributed by atoms with Gasteiger partial charge in [0.1, 0.15) is 11.5 Å². The lowest BCUT2D eigenvalue weighted by atomic mass is 9.99. The van der Waals surface area contributed by atoms with E-state index in [0.717, 1.165) is 8.78 Å². The lowest BCUT2D eigenvalue weighted by Gasteiger charge is -2.41. The third-order valence-corrected chi connectivity index (χ3v) is 7.05. The Bertz CT molecular complexity index is 949. The van der Waals surface area contributed by atoms with E-state index in [2.05, 4.69) is 15.9 Å². The lowest BCUT2D eigenvalue weighted by molar-refractivity contribution is -0.161. The van der Waals surface area contributed by atoms with E-state index < -0.39 is 21.7 Å². The number of sulfonamides is 1. The van der Waals surface area contributed by atoms with Gasteiger partial charge in [0.15, 0.2) is 0 Å². The molecule has 2 aromatic rings. The second-order valence-corrected chi connectivity index (χ2v) is 9.12. The van der Waals surface area contributed by atoms with Crippen LogP contribution in [0, 0.1) is 0 Å². The maximum atomic E-state index is 13.0. The highest BCUT2D eigenvalue weighted by molar-refractivity contribution is 9.10. The first-order chi connectivity index (χ1) is 13.3. The summed E-state index contributed by atoms with van der Waals surface area (Å²) in [5.74, 6) is -0.428. The molecule has 150 valence electrons. The average molecular weight is 471 g/mol. The third kappa shape index (κ3) is 3.91. The number of nitrogens with one attached hydrogen (secondary N) is 1. The zero-order chi connectivity index (χ0) is 20.4. The summed E-state index contributed by atoms with van der Waals surface area (Å²) in [6.45, 7) is -0.0145. The summed E-state index contributed by atoms with van der Waals surface area (Å²) < 4.78 is 33.5. The van der Waals surface area contributed by atoms with Crippen LogP contribution in [0.2, 0.25) is 0 Å². The molecule has 10 heteroatoms. The van der Waals surface area contributed by atoms with Gasteiger partial charge in [-0.05, 0) is 67.8 Å². The van der Waals surface area contributed by atoms with E-state index >= 15 is 0 Å². The molecule has 1 aliphatic heterocycles. The van der Waals surface area contributed by atoms with Gasteiger partial charge < -0.3 is 15.1 Å². The zero-order valence-electron chi connectivity index (χ0n) is 14.7. The van der Waals surface area contributed by atoms with Crippen molar-refractivity contribution in [3.8, 4) is 11.5 Å². The standard InChI is InChI=1S/C18H19BrN2O6S/c19-13-3-5-14(6-4-13)27-15-7-9-16(10-8-15)28(25,26)21-12-2-1-11-18(21,20-24)17(22)23/h3-10,20,24H,1-2,11-12H2,(H,22,23)/t18-/m1/s1. The van der Waals surface area contributed by atoms with Gasteiger partial charge in [-0.3, -0.25) is 0 Å². The number of carbonyl (C=O) groups is 1. The molecule has 1 atom stereocenters. The van der Waals surface area contributed by atoms with Crippen LogP contribution >= 0.6 is 15.9 Å². The number of aliphatic carboxylic acids is 1. The molecule has 0 spiro atoms. The summed E-state index contributed by atoms with van der Waals surface area (Å²) in [5, 5.41) is 19.0. The Hall–Kier alpha value is -1.98. The van der Waals surface area contributed by atoms with Crippen molar-refractivity contribution in [2.45, 2.75) is 29.8 Å². The van der Waals surface area contributed by atoms with Crippen molar-refractivity contribution < 1.29 is 28.3 Å². The Morgan fingerprint density at radius 2 is 1.64 bits per heavy atom. The molecule has 0 radical (unpaired) electrons. The SMILES string of the molecule is O=C(O)[C@@]1(NO)CCCCN1S(=O)(=O)c1ccc(Oc2ccc(Br)cc2)cc1. The Balaban J connectivity index is 1.87. The van der Waals surface area contributed by atoms with Crippen LogP contribution in [0.25, 0.3) is 0 Å². The van der Waals surface area contributed by atoms with Gasteiger partial charge in [-0.1, -0.05) is 15.9 Å².